The number of hydrogen-bond donors (Lipinski definition) is 2. The van der Waals surface area contributed by atoms with Crippen LogP contribution in [0.3, 0.4) is 0 Å². The predicted octanol–water partition coefficient (Wildman–Crippen LogP) is 0.445. The molecular formula is C16H27N5O2. The lowest BCUT2D eigenvalue weighted by Crippen LogP contribution is -2.52. The van der Waals surface area contributed by atoms with Crippen molar-refractivity contribution in [2.24, 2.45) is 12.5 Å². The molecule has 1 aromatic rings. The molecule has 7 heteroatoms. The van der Waals surface area contributed by atoms with Gasteiger partial charge in [0.25, 0.3) is 0 Å². The Labute approximate surface area is 137 Å². The second-order valence-corrected chi connectivity index (χ2v) is 7.22. The molecule has 0 radical (unpaired) electrons. The lowest BCUT2D eigenvalue weighted by Gasteiger charge is -2.35. The Morgan fingerprint density at radius 3 is 2.78 bits per heavy atom. The Hall–Kier alpha value is -1.89. The van der Waals surface area contributed by atoms with E-state index in [1.807, 2.05) is 38.6 Å². The summed E-state index contributed by atoms with van der Waals surface area (Å²) in [6.45, 7) is 8.09. The highest BCUT2D eigenvalue weighted by Gasteiger charge is 2.30. The van der Waals surface area contributed by atoms with Crippen LogP contribution in [0.15, 0.2) is 12.4 Å². The van der Waals surface area contributed by atoms with E-state index in [0.717, 1.165) is 12.4 Å². The van der Waals surface area contributed by atoms with Crippen LogP contribution < -0.4 is 10.6 Å². The molecule has 1 aliphatic rings. The van der Waals surface area contributed by atoms with E-state index in [0.29, 0.717) is 19.5 Å². The number of piperazine rings is 1. The number of amides is 2. The summed E-state index contributed by atoms with van der Waals surface area (Å²) in [5, 5.41) is 6.04. The molecular weight excluding hydrogens is 294 g/mol. The summed E-state index contributed by atoms with van der Waals surface area (Å²) in [7, 11) is 1.92. The molecule has 0 aliphatic carbocycles. The number of carbonyl (C=O) groups excluding carboxylic acids is 2. The SMILES string of the molecule is Cn1ccnc1C1CNCCN1C(=O)CNC(=O)CC(C)(C)C. The summed E-state index contributed by atoms with van der Waals surface area (Å²) in [6, 6.07) is -0.101. The average molecular weight is 321 g/mol. The Morgan fingerprint density at radius 1 is 1.43 bits per heavy atom. The van der Waals surface area contributed by atoms with E-state index >= 15 is 0 Å². The van der Waals surface area contributed by atoms with Crippen molar-refractivity contribution in [2.75, 3.05) is 26.2 Å². The molecule has 0 aromatic carbocycles. The number of aryl methyl sites for hydroxylation is 1. The zero-order valence-corrected chi connectivity index (χ0v) is 14.4. The van der Waals surface area contributed by atoms with Crippen LogP contribution >= 0.6 is 0 Å². The highest BCUT2D eigenvalue weighted by molar-refractivity contribution is 5.85. The first kappa shape index (κ1) is 17.5. The number of hydrogen-bond acceptors (Lipinski definition) is 4. The molecule has 1 unspecified atom stereocenters. The smallest absolute Gasteiger partial charge is 0.242 e. The first-order valence-corrected chi connectivity index (χ1v) is 8.02. The van der Waals surface area contributed by atoms with E-state index in [4.69, 9.17) is 0 Å². The third-order valence-corrected chi connectivity index (χ3v) is 3.85. The molecule has 2 N–H and O–H groups in total. The third-order valence-electron chi connectivity index (χ3n) is 3.85. The van der Waals surface area contributed by atoms with Crippen LogP contribution in [0.4, 0.5) is 0 Å². The van der Waals surface area contributed by atoms with Gasteiger partial charge in [-0.1, -0.05) is 20.8 Å². The lowest BCUT2D eigenvalue weighted by molar-refractivity contribution is -0.136. The van der Waals surface area contributed by atoms with Crippen molar-refractivity contribution in [3.8, 4) is 0 Å². The van der Waals surface area contributed by atoms with Gasteiger partial charge in [0, 0.05) is 45.5 Å². The zero-order valence-electron chi connectivity index (χ0n) is 14.4. The second kappa shape index (κ2) is 7.12. The van der Waals surface area contributed by atoms with Crippen LogP contribution in [0.2, 0.25) is 0 Å². The van der Waals surface area contributed by atoms with Crippen LogP contribution in [0.5, 0.6) is 0 Å². The predicted molar refractivity (Wildman–Crippen MR) is 87.6 cm³/mol. The number of rotatable bonds is 4. The molecule has 0 spiro atoms. The van der Waals surface area contributed by atoms with Crippen LogP contribution in [-0.4, -0.2) is 52.4 Å². The van der Waals surface area contributed by atoms with Gasteiger partial charge in [0.2, 0.25) is 11.8 Å². The first-order chi connectivity index (χ1) is 10.8. The van der Waals surface area contributed by atoms with E-state index in [-0.39, 0.29) is 29.8 Å². The van der Waals surface area contributed by atoms with E-state index in [1.54, 1.807) is 11.1 Å². The van der Waals surface area contributed by atoms with Gasteiger partial charge < -0.3 is 20.1 Å². The summed E-state index contributed by atoms with van der Waals surface area (Å²) in [5.41, 5.74) is -0.0856. The average Bonchev–Trinajstić information content (AvgIpc) is 2.89. The zero-order chi connectivity index (χ0) is 17.0. The number of nitrogens with one attached hydrogen (secondary N) is 2. The van der Waals surface area contributed by atoms with Crippen molar-refractivity contribution < 1.29 is 9.59 Å². The number of nitrogens with zero attached hydrogens (tertiary/aromatic N) is 3. The van der Waals surface area contributed by atoms with Crippen LogP contribution in [0.25, 0.3) is 0 Å². The van der Waals surface area contributed by atoms with Gasteiger partial charge in [-0.25, -0.2) is 4.98 Å². The van der Waals surface area contributed by atoms with Gasteiger partial charge in [0.1, 0.15) is 11.9 Å². The van der Waals surface area contributed by atoms with E-state index in [2.05, 4.69) is 15.6 Å². The highest BCUT2D eigenvalue weighted by Crippen LogP contribution is 2.20. The molecule has 0 bridgehead atoms. The van der Waals surface area contributed by atoms with Crippen molar-refractivity contribution in [1.29, 1.82) is 0 Å². The van der Waals surface area contributed by atoms with Gasteiger partial charge in [0.15, 0.2) is 0 Å². The van der Waals surface area contributed by atoms with E-state index in [1.165, 1.54) is 0 Å². The minimum atomic E-state index is -0.101. The summed E-state index contributed by atoms with van der Waals surface area (Å²) >= 11 is 0. The van der Waals surface area contributed by atoms with Gasteiger partial charge >= 0.3 is 0 Å². The molecule has 128 valence electrons. The Morgan fingerprint density at radius 2 is 2.17 bits per heavy atom. The number of imidazole rings is 1. The molecule has 2 rings (SSSR count). The highest BCUT2D eigenvalue weighted by atomic mass is 16.2. The third kappa shape index (κ3) is 4.79. The number of aromatic nitrogens is 2. The molecule has 23 heavy (non-hydrogen) atoms. The normalized spacial score (nSPS) is 18.8. The molecule has 1 fully saturated rings. The maximum Gasteiger partial charge on any atom is 0.242 e. The van der Waals surface area contributed by atoms with Crippen LogP contribution in [-0.2, 0) is 16.6 Å². The molecule has 1 aromatic heterocycles. The standard InChI is InChI=1S/C16H27N5O2/c1-16(2,3)9-13(22)19-11-14(23)21-8-5-17-10-12(21)15-18-6-7-20(15)4/h6-7,12,17H,5,8-11H2,1-4H3,(H,19,22). The van der Waals surface area contributed by atoms with Crippen molar-refractivity contribution in [3.05, 3.63) is 18.2 Å². The van der Waals surface area contributed by atoms with Gasteiger partial charge in [-0.3, -0.25) is 9.59 Å². The minimum Gasteiger partial charge on any atom is -0.347 e. The fourth-order valence-electron chi connectivity index (χ4n) is 2.75. The summed E-state index contributed by atoms with van der Waals surface area (Å²) in [4.78, 5) is 30.6. The molecule has 2 amide bonds. The topological polar surface area (TPSA) is 79.3 Å². The van der Waals surface area contributed by atoms with Crippen molar-refractivity contribution in [2.45, 2.75) is 33.2 Å². The van der Waals surface area contributed by atoms with Gasteiger partial charge in [0.05, 0.1) is 6.54 Å². The Kier molecular flexibility index (Phi) is 5.41. The molecule has 0 saturated carbocycles. The number of carbonyl (C=O) groups is 2. The molecule has 2 heterocycles. The minimum absolute atomic E-state index is 0.0375. The maximum absolute atomic E-state index is 12.5. The maximum atomic E-state index is 12.5. The van der Waals surface area contributed by atoms with Crippen molar-refractivity contribution in [3.63, 3.8) is 0 Å². The largest absolute Gasteiger partial charge is 0.347 e. The van der Waals surface area contributed by atoms with Crippen LogP contribution in [0, 0.1) is 5.41 Å². The second-order valence-electron chi connectivity index (χ2n) is 7.22. The summed E-state index contributed by atoms with van der Waals surface area (Å²) in [5.74, 6) is 0.697. The van der Waals surface area contributed by atoms with E-state index < -0.39 is 0 Å². The van der Waals surface area contributed by atoms with Crippen LogP contribution in [0.1, 0.15) is 39.1 Å². The van der Waals surface area contributed by atoms with Gasteiger partial charge in [-0.05, 0) is 5.41 Å². The van der Waals surface area contributed by atoms with Gasteiger partial charge in [-0.15, -0.1) is 0 Å². The first-order valence-electron chi connectivity index (χ1n) is 8.02. The van der Waals surface area contributed by atoms with Crippen molar-refractivity contribution in [1.82, 2.24) is 25.1 Å². The summed E-state index contributed by atoms with van der Waals surface area (Å²) in [6.07, 6.45) is 4.01. The fraction of sp³-hybridized carbons (Fsp3) is 0.688. The Bertz CT molecular complexity index is 561. The Balaban J connectivity index is 1.96. The summed E-state index contributed by atoms with van der Waals surface area (Å²) < 4.78 is 1.93. The quantitative estimate of drug-likeness (QED) is 0.844. The lowest BCUT2D eigenvalue weighted by atomic mass is 9.92. The van der Waals surface area contributed by atoms with Gasteiger partial charge in [-0.2, -0.15) is 0 Å². The monoisotopic (exact) mass is 321 g/mol. The molecule has 1 aliphatic heterocycles. The molecule has 1 atom stereocenters. The van der Waals surface area contributed by atoms with E-state index in [9.17, 15) is 9.59 Å². The molecule has 7 nitrogen and oxygen atoms in total. The fourth-order valence-corrected chi connectivity index (χ4v) is 2.75. The van der Waals surface area contributed by atoms with Crippen molar-refractivity contribution >= 4 is 11.8 Å². The molecule has 1 saturated heterocycles.